The number of fused-ring (bicyclic) bond motifs is 1. The molecule has 3 aromatic rings. The first kappa shape index (κ1) is 15.3. The van der Waals surface area contributed by atoms with E-state index in [0.29, 0.717) is 10.9 Å². The van der Waals surface area contributed by atoms with Gasteiger partial charge in [0, 0.05) is 5.39 Å². The van der Waals surface area contributed by atoms with Gasteiger partial charge in [0.25, 0.3) is 10.0 Å². The normalized spacial score (nSPS) is 12.5. The minimum absolute atomic E-state index is 0.258. The Morgan fingerprint density at radius 1 is 1.04 bits per heavy atom. The van der Waals surface area contributed by atoms with E-state index in [1.165, 1.54) is 6.20 Å². The topological polar surface area (TPSA) is 74.8 Å². The molecular weight excluding hydrogens is 331 g/mol. The number of nitrogens with one attached hydrogen (secondary N) is 2. The molecule has 0 radical (unpaired) electrons. The van der Waals surface area contributed by atoms with Crippen LogP contribution in [0.5, 0.6) is 0 Å². The molecule has 0 aliphatic rings. The zero-order valence-corrected chi connectivity index (χ0v) is 12.2. The monoisotopic (exact) mass is 341 g/mol. The van der Waals surface area contributed by atoms with Gasteiger partial charge in [0.1, 0.15) is 0 Å². The molecule has 23 heavy (non-hydrogen) atoms. The van der Waals surface area contributed by atoms with Crippen LogP contribution < -0.4 is 4.72 Å². The Labute approximate surface area is 129 Å². The molecule has 2 aromatic carbocycles. The molecule has 0 amide bonds. The van der Waals surface area contributed by atoms with Crippen LogP contribution in [0.2, 0.25) is 0 Å². The second-order valence-corrected chi connectivity index (χ2v) is 6.45. The lowest BCUT2D eigenvalue weighted by Crippen LogP contribution is -2.13. The third-order valence-corrected chi connectivity index (χ3v) is 4.60. The number of anilines is 1. The maximum absolute atomic E-state index is 12.5. The van der Waals surface area contributed by atoms with Crippen LogP contribution in [0.25, 0.3) is 10.9 Å². The zero-order valence-electron chi connectivity index (χ0n) is 11.4. The molecule has 120 valence electrons. The van der Waals surface area contributed by atoms with E-state index in [0.717, 1.165) is 24.3 Å². The van der Waals surface area contributed by atoms with Crippen LogP contribution in [0.1, 0.15) is 5.56 Å². The van der Waals surface area contributed by atoms with Gasteiger partial charge in [-0.15, -0.1) is 0 Å². The Bertz CT molecular complexity index is 947. The van der Waals surface area contributed by atoms with E-state index in [1.54, 1.807) is 18.2 Å². The van der Waals surface area contributed by atoms with Gasteiger partial charge in [0.2, 0.25) is 0 Å². The maximum atomic E-state index is 12.5. The van der Waals surface area contributed by atoms with Gasteiger partial charge in [-0.1, -0.05) is 6.07 Å². The summed E-state index contributed by atoms with van der Waals surface area (Å²) >= 11 is 0. The van der Waals surface area contributed by atoms with Gasteiger partial charge in [0.15, 0.2) is 0 Å². The zero-order chi connectivity index (χ0) is 16.7. The number of aromatic amines is 1. The van der Waals surface area contributed by atoms with Gasteiger partial charge in [-0.05, 0) is 36.4 Å². The fraction of sp³-hybridized carbons (Fsp3) is 0.0714. The van der Waals surface area contributed by atoms with Crippen molar-refractivity contribution in [3.05, 3.63) is 54.2 Å². The third-order valence-electron chi connectivity index (χ3n) is 3.22. The standard InChI is InChI=1S/C14H10F3N3O2S/c15-14(16,17)9-4-6-10(7-5-9)23(21,22)20-13-3-1-2-12-11(13)8-18-19-12/h1-8,20H,(H,18,19). The van der Waals surface area contributed by atoms with Crippen LogP contribution in [0, 0.1) is 0 Å². The first-order chi connectivity index (χ1) is 10.8. The van der Waals surface area contributed by atoms with Gasteiger partial charge < -0.3 is 0 Å². The molecule has 9 heteroatoms. The molecule has 0 saturated heterocycles. The number of alkyl halides is 3. The molecular formula is C14H10F3N3O2S. The second kappa shape index (κ2) is 5.27. The number of hydrogen-bond donors (Lipinski definition) is 2. The maximum Gasteiger partial charge on any atom is 0.416 e. The summed E-state index contributed by atoms with van der Waals surface area (Å²) in [7, 11) is -4.00. The van der Waals surface area contributed by atoms with Crippen molar-refractivity contribution in [2.24, 2.45) is 0 Å². The predicted octanol–water partition coefficient (Wildman–Crippen LogP) is 3.38. The van der Waals surface area contributed by atoms with E-state index >= 15 is 0 Å². The molecule has 0 saturated carbocycles. The Kier molecular flexibility index (Phi) is 3.52. The third kappa shape index (κ3) is 3.00. The van der Waals surface area contributed by atoms with Crippen LogP contribution in [0.4, 0.5) is 18.9 Å². The highest BCUT2D eigenvalue weighted by molar-refractivity contribution is 7.92. The number of halogens is 3. The summed E-state index contributed by atoms with van der Waals surface area (Å²) in [4.78, 5) is -0.258. The number of H-pyrrole nitrogens is 1. The van der Waals surface area contributed by atoms with Crippen molar-refractivity contribution in [3.8, 4) is 0 Å². The van der Waals surface area contributed by atoms with E-state index in [4.69, 9.17) is 0 Å². The summed E-state index contributed by atoms with van der Waals surface area (Å²) < 4.78 is 64.5. The lowest BCUT2D eigenvalue weighted by atomic mass is 10.2. The lowest BCUT2D eigenvalue weighted by molar-refractivity contribution is -0.137. The molecule has 0 atom stereocenters. The molecule has 1 aromatic heterocycles. The molecule has 1 heterocycles. The van der Waals surface area contributed by atoms with Gasteiger partial charge >= 0.3 is 6.18 Å². The largest absolute Gasteiger partial charge is 0.416 e. The van der Waals surface area contributed by atoms with Gasteiger partial charge in [-0.25, -0.2) is 8.42 Å². The summed E-state index contributed by atoms with van der Waals surface area (Å²) in [5.74, 6) is 0. The summed E-state index contributed by atoms with van der Waals surface area (Å²) in [6.07, 6.45) is -3.06. The number of rotatable bonds is 3. The van der Waals surface area contributed by atoms with Crippen molar-refractivity contribution < 1.29 is 21.6 Å². The van der Waals surface area contributed by atoms with E-state index in [1.807, 2.05) is 0 Å². The minimum atomic E-state index is -4.52. The van der Waals surface area contributed by atoms with Gasteiger partial charge in [0.05, 0.1) is 27.9 Å². The molecule has 2 N–H and O–H groups in total. The number of aromatic nitrogens is 2. The fourth-order valence-electron chi connectivity index (χ4n) is 2.08. The van der Waals surface area contributed by atoms with E-state index in [9.17, 15) is 21.6 Å². The summed E-state index contributed by atoms with van der Waals surface area (Å²) in [6, 6.07) is 8.18. The molecule has 0 fully saturated rings. The average Bonchev–Trinajstić information content (AvgIpc) is 2.96. The molecule has 0 spiro atoms. The van der Waals surface area contributed by atoms with Gasteiger partial charge in [-0.3, -0.25) is 9.82 Å². The summed E-state index contributed by atoms with van der Waals surface area (Å²) in [5.41, 5.74) is 0.0159. The summed E-state index contributed by atoms with van der Waals surface area (Å²) in [6.45, 7) is 0. The first-order valence-electron chi connectivity index (χ1n) is 6.39. The number of nitrogens with zero attached hydrogens (tertiary/aromatic N) is 1. The van der Waals surface area contributed by atoms with Crippen LogP contribution in [-0.4, -0.2) is 18.6 Å². The second-order valence-electron chi connectivity index (χ2n) is 4.76. The van der Waals surface area contributed by atoms with E-state index in [-0.39, 0.29) is 10.6 Å². The Hall–Kier alpha value is -2.55. The van der Waals surface area contributed by atoms with Crippen molar-refractivity contribution in [3.63, 3.8) is 0 Å². The highest BCUT2D eigenvalue weighted by atomic mass is 32.2. The highest BCUT2D eigenvalue weighted by Crippen LogP contribution is 2.30. The fourth-order valence-corrected chi connectivity index (χ4v) is 3.16. The average molecular weight is 341 g/mol. The van der Waals surface area contributed by atoms with Crippen molar-refractivity contribution in [1.29, 1.82) is 0 Å². The quantitative estimate of drug-likeness (QED) is 0.767. The molecule has 3 rings (SSSR count). The van der Waals surface area contributed by atoms with Crippen LogP contribution in [0.3, 0.4) is 0 Å². The van der Waals surface area contributed by atoms with Crippen molar-refractivity contribution >= 4 is 26.6 Å². The molecule has 0 bridgehead atoms. The van der Waals surface area contributed by atoms with Crippen molar-refractivity contribution in [1.82, 2.24) is 10.2 Å². The minimum Gasteiger partial charge on any atom is -0.279 e. The number of benzene rings is 2. The molecule has 0 aliphatic carbocycles. The van der Waals surface area contributed by atoms with Crippen molar-refractivity contribution in [2.45, 2.75) is 11.1 Å². The van der Waals surface area contributed by atoms with Crippen LogP contribution in [-0.2, 0) is 16.2 Å². The summed E-state index contributed by atoms with van der Waals surface area (Å²) in [5, 5.41) is 7.08. The predicted molar refractivity (Wildman–Crippen MR) is 78.3 cm³/mol. The van der Waals surface area contributed by atoms with E-state index < -0.39 is 21.8 Å². The molecule has 0 aliphatic heterocycles. The van der Waals surface area contributed by atoms with E-state index in [2.05, 4.69) is 14.9 Å². The first-order valence-corrected chi connectivity index (χ1v) is 7.88. The Morgan fingerprint density at radius 3 is 2.39 bits per heavy atom. The number of sulfonamides is 1. The van der Waals surface area contributed by atoms with Crippen LogP contribution in [0.15, 0.2) is 53.6 Å². The molecule has 0 unspecified atom stereocenters. The smallest absolute Gasteiger partial charge is 0.279 e. The van der Waals surface area contributed by atoms with Crippen LogP contribution >= 0.6 is 0 Å². The Morgan fingerprint density at radius 2 is 1.74 bits per heavy atom. The SMILES string of the molecule is O=S(=O)(Nc1cccc2[nH]ncc12)c1ccc(C(F)(F)F)cc1. The lowest BCUT2D eigenvalue weighted by Gasteiger charge is -2.10. The highest BCUT2D eigenvalue weighted by Gasteiger charge is 2.30. The molecule has 5 nitrogen and oxygen atoms in total. The van der Waals surface area contributed by atoms with Gasteiger partial charge in [-0.2, -0.15) is 18.3 Å². The number of hydrogen-bond acceptors (Lipinski definition) is 3. The Balaban J connectivity index is 1.94. The van der Waals surface area contributed by atoms with Crippen molar-refractivity contribution in [2.75, 3.05) is 4.72 Å².